The molecule has 6 nitrogen and oxygen atoms in total. The Kier molecular flexibility index (Phi) is 5.34. The topological polar surface area (TPSA) is 71.8 Å². The van der Waals surface area contributed by atoms with Crippen molar-refractivity contribution >= 4 is 12.0 Å². The Morgan fingerprint density at radius 3 is 2.65 bits per heavy atom. The number of ether oxygens (including phenoxy) is 1. The zero-order valence-corrected chi connectivity index (χ0v) is 14.5. The molecule has 1 saturated heterocycles. The van der Waals surface area contributed by atoms with Crippen LogP contribution in [0.25, 0.3) is 0 Å². The molecule has 0 aromatic carbocycles. The van der Waals surface area contributed by atoms with Gasteiger partial charge in [0, 0.05) is 18.7 Å². The van der Waals surface area contributed by atoms with Gasteiger partial charge < -0.3 is 19.4 Å². The van der Waals surface area contributed by atoms with E-state index in [9.17, 15) is 9.59 Å². The number of nitrogens with one attached hydrogen (secondary N) is 1. The van der Waals surface area contributed by atoms with Gasteiger partial charge in [0.2, 0.25) is 0 Å². The summed E-state index contributed by atoms with van der Waals surface area (Å²) in [6.07, 6.45) is 0.638. The molecule has 6 heteroatoms. The summed E-state index contributed by atoms with van der Waals surface area (Å²) in [5.41, 5.74) is 0.994. The quantitative estimate of drug-likeness (QED) is 0.869. The van der Waals surface area contributed by atoms with Gasteiger partial charge in [0.05, 0.1) is 19.1 Å². The first-order valence-corrected chi connectivity index (χ1v) is 8.03. The molecule has 1 aromatic rings. The lowest BCUT2D eigenvalue weighted by Gasteiger charge is -2.36. The zero-order chi connectivity index (χ0) is 17.1. The molecule has 0 radical (unpaired) electrons. The number of urea groups is 1. The molecule has 1 aliphatic heterocycles. The molecule has 2 rings (SSSR count). The highest BCUT2D eigenvalue weighted by atomic mass is 16.5. The SMILES string of the molecule is COC(=O)[C@@H]1CCN(C(=O)N[C@@H](C)c2cc(C)oc2C)C[C@H]1C. The average molecular weight is 322 g/mol. The predicted octanol–water partition coefficient (Wildman–Crippen LogP) is 2.80. The molecule has 3 atom stereocenters. The van der Waals surface area contributed by atoms with Gasteiger partial charge in [0.1, 0.15) is 11.5 Å². The number of amides is 2. The molecule has 2 amide bonds. The monoisotopic (exact) mass is 322 g/mol. The van der Waals surface area contributed by atoms with Crippen molar-refractivity contribution in [1.29, 1.82) is 0 Å². The predicted molar refractivity (Wildman–Crippen MR) is 86.0 cm³/mol. The van der Waals surface area contributed by atoms with Crippen LogP contribution in [0.3, 0.4) is 0 Å². The van der Waals surface area contributed by atoms with Gasteiger partial charge >= 0.3 is 12.0 Å². The van der Waals surface area contributed by atoms with E-state index in [2.05, 4.69) is 5.32 Å². The number of furan rings is 1. The Balaban J connectivity index is 1.94. The molecule has 23 heavy (non-hydrogen) atoms. The number of methoxy groups -OCH3 is 1. The Labute approximate surface area is 137 Å². The number of likely N-dealkylation sites (tertiary alicyclic amines) is 1. The average Bonchev–Trinajstić information content (AvgIpc) is 2.85. The largest absolute Gasteiger partial charge is 0.469 e. The van der Waals surface area contributed by atoms with Crippen LogP contribution >= 0.6 is 0 Å². The fraction of sp³-hybridized carbons (Fsp3) is 0.647. The van der Waals surface area contributed by atoms with Gasteiger partial charge in [-0.2, -0.15) is 0 Å². The first kappa shape index (κ1) is 17.4. The number of carbonyl (C=O) groups is 2. The second-order valence-corrected chi connectivity index (χ2v) is 6.38. The second-order valence-electron chi connectivity index (χ2n) is 6.38. The third-order valence-electron chi connectivity index (χ3n) is 4.58. The molecular weight excluding hydrogens is 296 g/mol. The minimum atomic E-state index is -0.185. The van der Waals surface area contributed by atoms with Crippen molar-refractivity contribution < 1.29 is 18.7 Å². The molecule has 1 aliphatic rings. The molecule has 1 N–H and O–H groups in total. The van der Waals surface area contributed by atoms with Crippen LogP contribution in [-0.2, 0) is 9.53 Å². The molecule has 128 valence electrons. The summed E-state index contributed by atoms with van der Waals surface area (Å²) in [5.74, 6) is 1.45. The molecule has 0 bridgehead atoms. The van der Waals surface area contributed by atoms with Crippen LogP contribution in [0.2, 0.25) is 0 Å². The summed E-state index contributed by atoms with van der Waals surface area (Å²) in [6, 6.07) is 1.73. The smallest absolute Gasteiger partial charge is 0.317 e. The number of aryl methyl sites for hydroxylation is 2. The summed E-state index contributed by atoms with van der Waals surface area (Å²) in [6.45, 7) is 8.83. The van der Waals surface area contributed by atoms with E-state index < -0.39 is 0 Å². The number of carbonyl (C=O) groups excluding carboxylic acids is 2. The molecule has 0 spiro atoms. The Hall–Kier alpha value is -1.98. The van der Waals surface area contributed by atoms with E-state index in [1.165, 1.54) is 7.11 Å². The summed E-state index contributed by atoms with van der Waals surface area (Å²) in [7, 11) is 1.41. The molecule has 2 heterocycles. The van der Waals surface area contributed by atoms with Crippen molar-refractivity contribution in [3.05, 3.63) is 23.2 Å². The van der Waals surface area contributed by atoms with Crippen molar-refractivity contribution in [1.82, 2.24) is 10.2 Å². The lowest BCUT2D eigenvalue weighted by atomic mass is 9.87. The fourth-order valence-corrected chi connectivity index (χ4v) is 3.27. The third kappa shape index (κ3) is 3.86. The van der Waals surface area contributed by atoms with Gasteiger partial charge in [-0.15, -0.1) is 0 Å². The lowest BCUT2D eigenvalue weighted by molar-refractivity contribution is -0.148. The molecule has 0 aliphatic carbocycles. The number of piperidine rings is 1. The summed E-state index contributed by atoms with van der Waals surface area (Å²) < 4.78 is 10.3. The lowest BCUT2D eigenvalue weighted by Crippen LogP contribution is -2.49. The van der Waals surface area contributed by atoms with Crippen molar-refractivity contribution in [3.8, 4) is 0 Å². The van der Waals surface area contributed by atoms with E-state index in [0.717, 1.165) is 17.1 Å². The maximum Gasteiger partial charge on any atom is 0.317 e. The van der Waals surface area contributed by atoms with Gasteiger partial charge in [-0.05, 0) is 39.2 Å². The van der Waals surface area contributed by atoms with Gasteiger partial charge in [-0.1, -0.05) is 6.92 Å². The summed E-state index contributed by atoms with van der Waals surface area (Å²) >= 11 is 0. The first-order chi connectivity index (χ1) is 10.8. The molecular formula is C17H26N2O4. The Morgan fingerprint density at radius 2 is 2.13 bits per heavy atom. The highest BCUT2D eigenvalue weighted by Gasteiger charge is 2.34. The fourth-order valence-electron chi connectivity index (χ4n) is 3.27. The normalized spacial score (nSPS) is 22.6. The van der Waals surface area contributed by atoms with E-state index in [1.54, 1.807) is 4.90 Å². The summed E-state index contributed by atoms with van der Waals surface area (Å²) in [4.78, 5) is 25.9. The van der Waals surface area contributed by atoms with E-state index in [-0.39, 0.29) is 29.9 Å². The van der Waals surface area contributed by atoms with Crippen LogP contribution < -0.4 is 5.32 Å². The standard InChI is InChI=1S/C17H26N2O4/c1-10-9-19(7-6-14(10)16(20)22-5)17(21)18-12(3)15-8-11(2)23-13(15)4/h8,10,12,14H,6-7,9H2,1-5H3,(H,18,21)/t10-,12+,14-/m1/s1. The van der Waals surface area contributed by atoms with Gasteiger partial charge in [-0.25, -0.2) is 4.79 Å². The van der Waals surface area contributed by atoms with E-state index in [1.807, 2.05) is 33.8 Å². The van der Waals surface area contributed by atoms with Crippen LogP contribution in [0.4, 0.5) is 4.79 Å². The van der Waals surface area contributed by atoms with Crippen LogP contribution in [0.5, 0.6) is 0 Å². The molecule has 0 saturated carbocycles. The van der Waals surface area contributed by atoms with Gasteiger partial charge in [0.25, 0.3) is 0 Å². The highest BCUT2D eigenvalue weighted by molar-refractivity contribution is 5.76. The number of esters is 1. The van der Waals surface area contributed by atoms with Gasteiger partial charge in [0.15, 0.2) is 0 Å². The van der Waals surface area contributed by atoms with Crippen LogP contribution in [-0.4, -0.2) is 37.1 Å². The van der Waals surface area contributed by atoms with Crippen molar-refractivity contribution in [3.63, 3.8) is 0 Å². The van der Waals surface area contributed by atoms with E-state index in [0.29, 0.717) is 19.5 Å². The Morgan fingerprint density at radius 1 is 1.43 bits per heavy atom. The van der Waals surface area contributed by atoms with E-state index in [4.69, 9.17) is 9.15 Å². The van der Waals surface area contributed by atoms with Crippen molar-refractivity contribution in [2.75, 3.05) is 20.2 Å². The highest BCUT2D eigenvalue weighted by Crippen LogP contribution is 2.25. The number of rotatable bonds is 3. The number of nitrogens with zero attached hydrogens (tertiary/aromatic N) is 1. The minimum absolute atomic E-state index is 0.0927. The molecule has 1 fully saturated rings. The maximum atomic E-state index is 12.5. The molecule has 0 unspecified atom stereocenters. The number of hydrogen-bond donors (Lipinski definition) is 1. The number of hydrogen-bond acceptors (Lipinski definition) is 4. The van der Waals surface area contributed by atoms with Crippen LogP contribution in [0.15, 0.2) is 10.5 Å². The maximum absolute atomic E-state index is 12.5. The minimum Gasteiger partial charge on any atom is -0.469 e. The third-order valence-corrected chi connectivity index (χ3v) is 4.58. The zero-order valence-electron chi connectivity index (χ0n) is 14.5. The molecule has 1 aromatic heterocycles. The summed E-state index contributed by atoms with van der Waals surface area (Å²) in [5, 5.41) is 3.01. The van der Waals surface area contributed by atoms with Crippen LogP contribution in [0, 0.1) is 25.7 Å². The van der Waals surface area contributed by atoms with E-state index >= 15 is 0 Å². The van der Waals surface area contributed by atoms with Crippen molar-refractivity contribution in [2.45, 2.75) is 40.2 Å². The second kappa shape index (κ2) is 7.06. The first-order valence-electron chi connectivity index (χ1n) is 8.03. The Bertz CT molecular complexity index is 581. The van der Waals surface area contributed by atoms with Crippen molar-refractivity contribution in [2.24, 2.45) is 11.8 Å². The van der Waals surface area contributed by atoms with Crippen LogP contribution in [0.1, 0.15) is 43.4 Å². The van der Waals surface area contributed by atoms with Gasteiger partial charge in [-0.3, -0.25) is 4.79 Å².